The second-order valence-electron chi connectivity index (χ2n) is 18.1. The molecule has 0 amide bonds. The van der Waals surface area contributed by atoms with Gasteiger partial charge in [0.25, 0.3) is 0 Å². The number of hydrogen-bond donors (Lipinski definition) is 6. The van der Waals surface area contributed by atoms with Crippen LogP contribution in [0, 0.1) is 40.9 Å². The molecule has 0 saturated heterocycles. The van der Waals surface area contributed by atoms with Crippen LogP contribution in [0.5, 0.6) is 0 Å². The van der Waals surface area contributed by atoms with Gasteiger partial charge in [-0.3, -0.25) is 4.79 Å². The van der Waals surface area contributed by atoms with Crippen LogP contribution < -0.4 is 10.6 Å². The molecule has 3 saturated carbocycles. The van der Waals surface area contributed by atoms with E-state index in [-0.39, 0.29) is 42.8 Å². The topological polar surface area (TPSA) is 122 Å². The number of allylic oxidation sites excluding steroid dienone is 9. The van der Waals surface area contributed by atoms with E-state index >= 15 is 0 Å². The number of aldehydes is 1. The summed E-state index contributed by atoms with van der Waals surface area (Å²) in [5.41, 5.74) is 5.35. The fourth-order valence-electron chi connectivity index (χ4n) is 11.8. The van der Waals surface area contributed by atoms with Crippen LogP contribution in [0.1, 0.15) is 95.6 Å². The van der Waals surface area contributed by atoms with Crippen LogP contribution in [-0.2, 0) is 17.6 Å². The maximum Gasteiger partial charge on any atom is 0.145 e. The molecule has 1 aromatic carbocycles. The zero-order valence-corrected chi connectivity index (χ0v) is 34.4. The molecule has 1 aromatic rings. The molecule has 306 valence electrons. The van der Waals surface area contributed by atoms with E-state index in [1.165, 1.54) is 48.8 Å². The predicted octanol–water partition coefficient (Wildman–Crippen LogP) is 7.13. The van der Waals surface area contributed by atoms with Gasteiger partial charge in [-0.15, -0.1) is 0 Å². The predicted molar refractivity (Wildman–Crippen MR) is 227 cm³/mol. The summed E-state index contributed by atoms with van der Waals surface area (Å²) in [4.78, 5) is 12.3. The molecule has 1 spiro atoms. The Morgan fingerprint density at radius 1 is 1.09 bits per heavy atom. The van der Waals surface area contributed by atoms with E-state index < -0.39 is 17.1 Å². The van der Waals surface area contributed by atoms with E-state index in [0.717, 1.165) is 54.7 Å². The normalized spacial score (nSPS) is 35.2. The average molecular weight is 767 g/mol. The Balaban J connectivity index is 1.25. The quantitative estimate of drug-likeness (QED) is 0.0580. The van der Waals surface area contributed by atoms with Gasteiger partial charge in [-0.25, -0.2) is 0 Å². The Kier molecular flexibility index (Phi) is 14.7. The third kappa shape index (κ3) is 8.89. The van der Waals surface area contributed by atoms with E-state index in [0.29, 0.717) is 50.3 Å². The Morgan fingerprint density at radius 3 is 2.57 bits per heavy atom. The van der Waals surface area contributed by atoms with Crippen LogP contribution in [-0.4, -0.2) is 77.8 Å². The Hall–Kier alpha value is -2.91. The van der Waals surface area contributed by atoms with Gasteiger partial charge in [-0.1, -0.05) is 103 Å². The van der Waals surface area contributed by atoms with Crippen molar-refractivity contribution in [2.24, 2.45) is 40.9 Å². The third-order valence-electron chi connectivity index (χ3n) is 14.7. The molecule has 7 heteroatoms. The molecule has 4 aliphatic carbocycles. The highest BCUT2D eigenvalue weighted by Crippen LogP contribution is 2.67. The number of hydrogen-bond acceptors (Lipinski definition) is 7. The lowest BCUT2D eigenvalue weighted by atomic mass is 9.45. The van der Waals surface area contributed by atoms with Gasteiger partial charge in [-0.2, -0.15) is 0 Å². The first-order valence-electron chi connectivity index (χ1n) is 21.7. The summed E-state index contributed by atoms with van der Waals surface area (Å²) in [7, 11) is 1.87. The Morgan fingerprint density at radius 2 is 1.86 bits per heavy atom. The van der Waals surface area contributed by atoms with Crippen LogP contribution in [0.2, 0.25) is 0 Å². The van der Waals surface area contributed by atoms with Crippen molar-refractivity contribution in [2.45, 2.75) is 115 Å². The lowest BCUT2D eigenvalue weighted by molar-refractivity contribution is -0.194. The second-order valence-corrected chi connectivity index (χ2v) is 18.1. The Labute approximate surface area is 336 Å². The van der Waals surface area contributed by atoms with E-state index in [2.05, 4.69) is 72.7 Å². The van der Waals surface area contributed by atoms with Crippen molar-refractivity contribution in [1.29, 1.82) is 0 Å². The molecule has 6 rings (SSSR count). The first-order chi connectivity index (χ1) is 27.1. The molecular weight excluding hydrogens is 697 g/mol. The molecule has 1 aliphatic heterocycles. The summed E-state index contributed by atoms with van der Waals surface area (Å²) in [5.74, 6) is 0.0507. The molecule has 1 heterocycles. The van der Waals surface area contributed by atoms with Crippen molar-refractivity contribution >= 4 is 6.29 Å². The molecule has 4 bridgehead atoms. The number of fused-ring (bicyclic) bond motifs is 5. The van der Waals surface area contributed by atoms with Crippen molar-refractivity contribution in [3.63, 3.8) is 0 Å². The fourth-order valence-corrected chi connectivity index (χ4v) is 11.8. The number of aliphatic hydroxyl groups is 4. The molecule has 3 fully saturated rings. The lowest BCUT2D eigenvalue weighted by Gasteiger charge is -2.61. The SMILES string of the molecule is C=C(C=CC=C(CO)C1CCC2(C1O)C1C(=C(C)C=O)C(C=CC1CCO)CC2(O)CCNC)C1CC=C(C)CNC(C2CCCCC2)Cc2cccc(c2)C1. The van der Waals surface area contributed by atoms with Gasteiger partial charge in [0.15, 0.2) is 0 Å². The van der Waals surface area contributed by atoms with Gasteiger partial charge in [-0.05, 0) is 138 Å². The summed E-state index contributed by atoms with van der Waals surface area (Å²) in [6.45, 7) is 9.89. The van der Waals surface area contributed by atoms with Crippen molar-refractivity contribution in [2.75, 3.05) is 33.4 Å². The number of carbonyl (C=O) groups is 1. The highest BCUT2D eigenvalue weighted by Gasteiger charge is 2.68. The van der Waals surface area contributed by atoms with Crippen molar-refractivity contribution in [3.05, 3.63) is 106 Å². The fraction of sp³-hybridized carbons (Fsp3) is 0.612. The zero-order chi connectivity index (χ0) is 39.9. The maximum absolute atomic E-state index is 12.8. The molecule has 0 aromatic heterocycles. The molecule has 9 unspecified atom stereocenters. The third-order valence-corrected chi connectivity index (χ3v) is 14.7. The molecule has 0 radical (unpaired) electrons. The number of benzene rings is 1. The van der Waals surface area contributed by atoms with Gasteiger partial charge in [0, 0.05) is 36.4 Å². The summed E-state index contributed by atoms with van der Waals surface area (Å²) >= 11 is 0. The minimum absolute atomic E-state index is 0.0236. The molecule has 5 aliphatic rings. The highest BCUT2D eigenvalue weighted by molar-refractivity contribution is 5.74. The van der Waals surface area contributed by atoms with Gasteiger partial charge in [0.05, 0.1) is 18.3 Å². The van der Waals surface area contributed by atoms with Gasteiger partial charge in [0.1, 0.15) is 6.29 Å². The number of aliphatic hydroxyl groups excluding tert-OH is 3. The van der Waals surface area contributed by atoms with Crippen LogP contribution in [0.25, 0.3) is 0 Å². The van der Waals surface area contributed by atoms with E-state index in [4.69, 9.17) is 0 Å². The van der Waals surface area contributed by atoms with Crippen molar-refractivity contribution in [1.82, 2.24) is 10.6 Å². The summed E-state index contributed by atoms with van der Waals surface area (Å²) in [6.07, 6.45) is 24.7. The molecule has 9 atom stereocenters. The van der Waals surface area contributed by atoms with Crippen molar-refractivity contribution < 1.29 is 25.2 Å². The summed E-state index contributed by atoms with van der Waals surface area (Å²) in [6, 6.07) is 9.64. The monoisotopic (exact) mass is 767 g/mol. The molecule has 7 nitrogen and oxygen atoms in total. The van der Waals surface area contributed by atoms with Crippen LogP contribution in [0.15, 0.2) is 95.2 Å². The summed E-state index contributed by atoms with van der Waals surface area (Å²) < 4.78 is 0. The number of nitrogens with one attached hydrogen (secondary N) is 2. The van der Waals surface area contributed by atoms with Crippen LogP contribution in [0.3, 0.4) is 0 Å². The van der Waals surface area contributed by atoms with E-state index in [1.807, 2.05) is 26.1 Å². The standard InChI is InChI=1S/C49H70N2O5/c1-33-16-17-40(27-36-11-9-12-37(26-36)28-44(51-30-33)38-13-6-5-7-14-38)34(2)10-8-15-42(32-54)43-20-22-49(47(43)55)46-39(21-25-52)18-19-41(45(46)35(3)31-53)29-48(49,56)23-24-50-4/h8-12,15-16,18-19,26,31,38-41,43-44,46-47,50-52,54-56H,2,5-7,13-14,17,20-25,27-30,32H2,1,3-4H3. The van der Waals surface area contributed by atoms with Crippen LogP contribution >= 0.6 is 0 Å². The lowest BCUT2D eigenvalue weighted by Crippen LogP contribution is -2.65. The smallest absolute Gasteiger partial charge is 0.145 e. The van der Waals surface area contributed by atoms with Gasteiger partial charge >= 0.3 is 0 Å². The number of carbonyl (C=O) groups excluding carboxylic acids is 1. The number of rotatable bonds is 12. The van der Waals surface area contributed by atoms with E-state index in [1.54, 1.807) is 0 Å². The van der Waals surface area contributed by atoms with Gasteiger partial charge in [0.2, 0.25) is 0 Å². The largest absolute Gasteiger partial charge is 0.396 e. The van der Waals surface area contributed by atoms with E-state index in [9.17, 15) is 25.2 Å². The molecular formula is C49H70N2O5. The maximum atomic E-state index is 12.8. The summed E-state index contributed by atoms with van der Waals surface area (Å²) in [5, 5.41) is 53.6. The second kappa shape index (κ2) is 19.2. The Bertz CT molecular complexity index is 1680. The van der Waals surface area contributed by atoms with Crippen molar-refractivity contribution in [3.8, 4) is 0 Å². The first-order valence-corrected chi connectivity index (χ1v) is 21.7. The first kappa shape index (κ1) is 42.7. The average Bonchev–Trinajstić information content (AvgIpc) is 3.55. The molecule has 56 heavy (non-hydrogen) atoms. The zero-order valence-electron chi connectivity index (χ0n) is 34.4. The van der Waals surface area contributed by atoms with Gasteiger partial charge < -0.3 is 31.1 Å². The van der Waals surface area contributed by atoms with Crippen LogP contribution in [0.4, 0.5) is 0 Å². The minimum Gasteiger partial charge on any atom is -0.396 e. The minimum atomic E-state index is -1.21. The highest BCUT2D eigenvalue weighted by atomic mass is 16.3. The molecule has 6 N–H and O–H groups in total.